The molecule has 2 rings (SSSR count). The SMILES string of the molecule is COCCOC(=O)C1=C(C(=O)N(C(=O)CCl)c2cc(OC)c(Cl)cc2F)CCCC1. The second-order valence-electron chi connectivity index (χ2n) is 6.40. The first-order valence-electron chi connectivity index (χ1n) is 9.20. The van der Waals surface area contributed by atoms with Crippen molar-refractivity contribution in [2.45, 2.75) is 25.7 Å². The Kier molecular flexibility index (Phi) is 9.08. The molecule has 0 fully saturated rings. The predicted octanol–water partition coefficient (Wildman–Crippen LogP) is 3.65. The summed E-state index contributed by atoms with van der Waals surface area (Å²) >= 11 is 11.6. The van der Waals surface area contributed by atoms with Crippen LogP contribution in [-0.2, 0) is 23.9 Å². The van der Waals surface area contributed by atoms with E-state index in [1.54, 1.807) is 0 Å². The molecule has 1 aliphatic rings. The van der Waals surface area contributed by atoms with Crippen LogP contribution in [0.1, 0.15) is 25.7 Å². The molecule has 1 aromatic rings. The summed E-state index contributed by atoms with van der Waals surface area (Å²) in [6, 6.07) is 2.08. The van der Waals surface area contributed by atoms with E-state index in [1.165, 1.54) is 14.2 Å². The van der Waals surface area contributed by atoms with Crippen molar-refractivity contribution in [1.29, 1.82) is 0 Å². The number of methoxy groups -OCH3 is 2. The number of carbonyl (C=O) groups is 3. The van der Waals surface area contributed by atoms with Gasteiger partial charge in [0.2, 0.25) is 5.91 Å². The number of alkyl halides is 1. The first-order valence-corrected chi connectivity index (χ1v) is 10.1. The number of carbonyl (C=O) groups excluding carboxylic acids is 3. The number of anilines is 1. The monoisotopic (exact) mass is 461 g/mol. The molecule has 0 aliphatic heterocycles. The van der Waals surface area contributed by atoms with Crippen molar-refractivity contribution in [3.05, 3.63) is 34.1 Å². The van der Waals surface area contributed by atoms with Crippen LogP contribution in [0.25, 0.3) is 0 Å². The molecule has 1 aliphatic carbocycles. The van der Waals surface area contributed by atoms with Crippen molar-refractivity contribution < 1.29 is 33.0 Å². The molecule has 0 spiro atoms. The minimum atomic E-state index is -0.909. The fourth-order valence-electron chi connectivity index (χ4n) is 3.07. The van der Waals surface area contributed by atoms with Crippen LogP contribution in [0.5, 0.6) is 5.75 Å². The number of amides is 2. The number of hydrogen-bond acceptors (Lipinski definition) is 6. The molecular formula is C20H22Cl2FNO6. The first kappa shape index (κ1) is 24.1. The van der Waals surface area contributed by atoms with Crippen LogP contribution >= 0.6 is 23.2 Å². The van der Waals surface area contributed by atoms with Crippen LogP contribution < -0.4 is 9.64 Å². The van der Waals surface area contributed by atoms with Gasteiger partial charge in [-0.25, -0.2) is 14.1 Å². The molecule has 0 heterocycles. The Bertz CT molecular complexity index is 858. The van der Waals surface area contributed by atoms with Crippen LogP contribution in [0, 0.1) is 5.82 Å². The van der Waals surface area contributed by atoms with Gasteiger partial charge in [-0.05, 0) is 31.7 Å². The summed E-state index contributed by atoms with van der Waals surface area (Å²) in [5.74, 6) is -3.75. The second kappa shape index (κ2) is 11.3. The normalized spacial score (nSPS) is 13.8. The van der Waals surface area contributed by atoms with Crippen LogP contribution in [0.2, 0.25) is 5.02 Å². The third kappa shape index (κ3) is 5.50. The van der Waals surface area contributed by atoms with E-state index in [1.807, 2.05) is 0 Å². The Morgan fingerprint density at radius 3 is 2.37 bits per heavy atom. The van der Waals surface area contributed by atoms with Crippen molar-refractivity contribution in [1.82, 2.24) is 0 Å². The van der Waals surface area contributed by atoms with Crippen molar-refractivity contribution >= 4 is 46.7 Å². The molecule has 0 aromatic heterocycles. The van der Waals surface area contributed by atoms with E-state index in [0.717, 1.165) is 12.1 Å². The molecule has 0 bridgehead atoms. The molecule has 0 atom stereocenters. The highest BCUT2D eigenvalue weighted by molar-refractivity contribution is 6.35. The Hall–Kier alpha value is -2.16. The van der Waals surface area contributed by atoms with Crippen LogP contribution in [0.4, 0.5) is 10.1 Å². The Morgan fingerprint density at radius 1 is 1.10 bits per heavy atom. The number of benzene rings is 1. The quantitative estimate of drug-likeness (QED) is 0.333. The lowest BCUT2D eigenvalue weighted by molar-refractivity contribution is -0.141. The highest BCUT2D eigenvalue weighted by atomic mass is 35.5. The van der Waals surface area contributed by atoms with Crippen molar-refractivity contribution in [3.63, 3.8) is 0 Å². The maximum atomic E-state index is 14.7. The third-order valence-electron chi connectivity index (χ3n) is 4.52. The van der Waals surface area contributed by atoms with E-state index < -0.39 is 29.5 Å². The summed E-state index contributed by atoms with van der Waals surface area (Å²) in [4.78, 5) is 38.9. The minimum absolute atomic E-state index is 0.0215. The van der Waals surface area contributed by atoms with Crippen LogP contribution in [0.3, 0.4) is 0 Å². The first-order chi connectivity index (χ1) is 14.3. The van der Waals surface area contributed by atoms with Gasteiger partial charge in [0.05, 0.1) is 24.4 Å². The van der Waals surface area contributed by atoms with Gasteiger partial charge in [0.1, 0.15) is 24.1 Å². The molecule has 1 aromatic carbocycles. The molecule has 0 N–H and O–H groups in total. The van der Waals surface area contributed by atoms with E-state index in [0.29, 0.717) is 24.2 Å². The number of ether oxygens (including phenoxy) is 3. The largest absolute Gasteiger partial charge is 0.495 e. The number of imide groups is 1. The molecule has 10 heteroatoms. The summed E-state index contributed by atoms with van der Waals surface area (Å²) in [5.41, 5.74) is -0.108. The molecule has 0 unspecified atom stereocenters. The standard InChI is InChI=1S/C20H22Cl2FNO6/c1-28-7-8-30-20(27)13-6-4-3-5-12(13)19(26)24(18(25)11-21)16-10-17(29-2)14(22)9-15(16)23/h9-10H,3-8,11H2,1-2H3. The molecule has 30 heavy (non-hydrogen) atoms. The van der Waals surface area contributed by atoms with Gasteiger partial charge in [-0.3, -0.25) is 9.59 Å². The Balaban J connectivity index is 2.50. The summed E-state index contributed by atoms with van der Waals surface area (Å²) in [6.45, 7) is 0.225. The highest BCUT2D eigenvalue weighted by Crippen LogP contribution is 2.35. The van der Waals surface area contributed by atoms with Gasteiger partial charge >= 0.3 is 5.97 Å². The fourth-order valence-corrected chi connectivity index (χ4v) is 3.42. The topological polar surface area (TPSA) is 82.1 Å². The molecule has 7 nitrogen and oxygen atoms in total. The van der Waals surface area contributed by atoms with Gasteiger partial charge in [-0.2, -0.15) is 0 Å². The van der Waals surface area contributed by atoms with Gasteiger partial charge in [0.15, 0.2) is 0 Å². The maximum absolute atomic E-state index is 14.7. The highest BCUT2D eigenvalue weighted by Gasteiger charge is 2.33. The fraction of sp³-hybridized carbons (Fsp3) is 0.450. The van der Waals surface area contributed by atoms with Crippen molar-refractivity contribution in [3.8, 4) is 5.75 Å². The summed E-state index contributed by atoms with van der Waals surface area (Å²) in [6.07, 6.45) is 1.86. The number of hydrogen-bond donors (Lipinski definition) is 0. The summed E-state index contributed by atoms with van der Waals surface area (Å²) in [5, 5.41) is -0.0243. The number of halogens is 3. The Morgan fingerprint density at radius 2 is 1.77 bits per heavy atom. The molecule has 0 saturated heterocycles. The Labute approximate surface area is 183 Å². The smallest absolute Gasteiger partial charge is 0.334 e. The van der Waals surface area contributed by atoms with Gasteiger partial charge in [0.25, 0.3) is 5.91 Å². The molecule has 0 saturated carbocycles. The van der Waals surface area contributed by atoms with E-state index in [4.69, 9.17) is 37.4 Å². The minimum Gasteiger partial charge on any atom is -0.495 e. The van der Waals surface area contributed by atoms with Crippen LogP contribution in [0.15, 0.2) is 23.3 Å². The van der Waals surface area contributed by atoms with Gasteiger partial charge < -0.3 is 14.2 Å². The lowest BCUT2D eigenvalue weighted by Gasteiger charge is -2.26. The summed E-state index contributed by atoms with van der Waals surface area (Å²) < 4.78 is 29.7. The predicted molar refractivity (Wildman–Crippen MR) is 110 cm³/mol. The van der Waals surface area contributed by atoms with E-state index in [2.05, 4.69) is 0 Å². The molecule has 164 valence electrons. The van der Waals surface area contributed by atoms with Gasteiger partial charge in [0, 0.05) is 24.3 Å². The van der Waals surface area contributed by atoms with Crippen molar-refractivity contribution in [2.24, 2.45) is 0 Å². The van der Waals surface area contributed by atoms with E-state index in [9.17, 15) is 18.8 Å². The molecular weight excluding hydrogens is 440 g/mol. The van der Waals surface area contributed by atoms with Gasteiger partial charge in [-0.1, -0.05) is 11.6 Å². The molecule has 0 radical (unpaired) electrons. The summed E-state index contributed by atoms with van der Waals surface area (Å²) in [7, 11) is 2.78. The van der Waals surface area contributed by atoms with Gasteiger partial charge in [-0.15, -0.1) is 11.6 Å². The number of rotatable bonds is 8. The lowest BCUT2D eigenvalue weighted by atomic mass is 9.90. The molecule has 2 amide bonds. The van der Waals surface area contributed by atoms with Crippen LogP contribution in [-0.4, -0.2) is 51.1 Å². The number of nitrogens with zero attached hydrogens (tertiary/aromatic N) is 1. The zero-order valence-corrected chi connectivity index (χ0v) is 18.1. The average molecular weight is 462 g/mol. The zero-order chi connectivity index (χ0) is 22.3. The lowest BCUT2D eigenvalue weighted by Crippen LogP contribution is -2.40. The third-order valence-corrected chi connectivity index (χ3v) is 5.05. The second-order valence-corrected chi connectivity index (χ2v) is 7.07. The number of esters is 1. The van der Waals surface area contributed by atoms with Crippen molar-refractivity contribution in [2.75, 3.05) is 38.2 Å². The zero-order valence-electron chi connectivity index (χ0n) is 16.6. The van der Waals surface area contributed by atoms with E-state index >= 15 is 0 Å². The maximum Gasteiger partial charge on any atom is 0.334 e. The average Bonchev–Trinajstić information content (AvgIpc) is 2.75. The van der Waals surface area contributed by atoms with E-state index in [-0.39, 0.29) is 47.2 Å².